The SMILES string of the molecule is CN(C)c1cc(-c2ccn3c(-c4cccc(N)c4)cnc3c2)nc(C(F)(F)F)n1. The van der Waals surface area contributed by atoms with Gasteiger partial charge in [0.15, 0.2) is 0 Å². The van der Waals surface area contributed by atoms with Crippen molar-refractivity contribution in [3.05, 3.63) is 60.7 Å². The van der Waals surface area contributed by atoms with Gasteiger partial charge in [0.25, 0.3) is 0 Å². The first-order chi connectivity index (χ1) is 13.7. The van der Waals surface area contributed by atoms with Crippen LogP contribution in [0.1, 0.15) is 5.82 Å². The average Bonchev–Trinajstić information content (AvgIpc) is 3.10. The highest BCUT2D eigenvalue weighted by Crippen LogP contribution is 2.31. The third-order valence-electron chi connectivity index (χ3n) is 4.42. The first-order valence-electron chi connectivity index (χ1n) is 8.69. The third kappa shape index (κ3) is 3.58. The number of nitrogens with zero attached hydrogens (tertiary/aromatic N) is 5. The Hall–Kier alpha value is -3.62. The Balaban J connectivity index is 1.82. The molecule has 0 unspecified atom stereocenters. The molecule has 4 aromatic rings. The highest BCUT2D eigenvalue weighted by atomic mass is 19.4. The van der Waals surface area contributed by atoms with E-state index in [4.69, 9.17) is 5.73 Å². The van der Waals surface area contributed by atoms with Crippen molar-refractivity contribution in [2.75, 3.05) is 24.7 Å². The molecule has 0 aliphatic carbocycles. The zero-order valence-corrected chi connectivity index (χ0v) is 15.6. The van der Waals surface area contributed by atoms with Crippen molar-refractivity contribution in [1.82, 2.24) is 19.4 Å². The first-order valence-corrected chi connectivity index (χ1v) is 8.69. The van der Waals surface area contributed by atoms with Crippen LogP contribution >= 0.6 is 0 Å². The van der Waals surface area contributed by atoms with Crippen LogP contribution in [0, 0.1) is 0 Å². The number of rotatable bonds is 3. The molecule has 0 fully saturated rings. The van der Waals surface area contributed by atoms with E-state index in [1.807, 2.05) is 22.6 Å². The topological polar surface area (TPSA) is 72.3 Å². The van der Waals surface area contributed by atoms with Gasteiger partial charge in [-0.3, -0.25) is 4.40 Å². The van der Waals surface area contributed by atoms with Crippen molar-refractivity contribution in [3.8, 4) is 22.5 Å². The van der Waals surface area contributed by atoms with E-state index >= 15 is 0 Å². The summed E-state index contributed by atoms with van der Waals surface area (Å²) in [6.07, 6.45) is -1.19. The summed E-state index contributed by atoms with van der Waals surface area (Å²) in [5, 5.41) is 0. The van der Waals surface area contributed by atoms with Gasteiger partial charge in [0.2, 0.25) is 5.82 Å². The number of benzene rings is 1. The predicted molar refractivity (Wildman–Crippen MR) is 105 cm³/mol. The van der Waals surface area contributed by atoms with Crippen molar-refractivity contribution in [3.63, 3.8) is 0 Å². The highest BCUT2D eigenvalue weighted by molar-refractivity contribution is 5.71. The number of hydrogen-bond donors (Lipinski definition) is 1. The Labute approximate surface area is 164 Å². The smallest absolute Gasteiger partial charge is 0.399 e. The van der Waals surface area contributed by atoms with Crippen LogP contribution in [0.2, 0.25) is 0 Å². The van der Waals surface area contributed by atoms with Crippen LogP contribution < -0.4 is 10.6 Å². The molecular weight excluding hydrogens is 381 g/mol. The van der Waals surface area contributed by atoms with Gasteiger partial charge in [0.1, 0.15) is 11.5 Å². The molecule has 0 saturated heterocycles. The van der Waals surface area contributed by atoms with Crippen molar-refractivity contribution < 1.29 is 13.2 Å². The summed E-state index contributed by atoms with van der Waals surface area (Å²) < 4.78 is 41.5. The molecule has 29 heavy (non-hydrogen) atoms. The number of nitrogens with two attached hydrogens (primary N) is 1. The molecule has 0 bridgehead atoms. The maximum Gasteiger partial charge on any atom is 0.451 e. The van der Waals surface area contributed by atoms with Crippen LogP contribution in [0.4, 0.5) is 24.7 Å². The van der Waals surface area contributed by atoms with Gasteiger partial charge in [-0.1, -0.05) is 12.1 Å². The number of imidazole rings is 1. The minimum Gasteiger partial charge on any atom is -0.399 e. The summed E-state index contributed by atoms with van der Waals surface area (Å²) in [7, 11) is 3.25. The van der Waals surface area contributed by atoms with Gasteiger partial charge in [0.05, 0.1) is 17.6 Å². The molecular formula is C20H17F3N6. The van der Waals surface area contributed by atoms with E-state index in [9.17, 15) is 13.2 Å². The molecule has 0 saturated carbocycles. The Morgan fingerprint density at radius 1 is 1.00 bits per heavy atom. The number of pyridine rings is 1. The number of fused-ring (bicyclic) bond motifs is 1. The van der Waals surface area contributed by atoms with E-state index in [0.717, 1.165) is 11.3 Å². The van der Waals surface area contributed by atoms with Gasteiger partial charge >= 0.3 is 6.18 Å². The number of anilines is 2. The fourth-order valence-electron chi connectivity index (χ4n) is 2.99. The van der Waals surface area contributed by atoms with Crippen molar-refractivity contribution in [2.24, 2.45) is 0 Å². The van der Waals surface area contributed by atoms with Crippen LogP contribution in [0.3, 0.4) is 0 Å². The monoisotopic (exact) mass is 398 g/mol. The zero-order valence-electron chi connectivity index (χ0n) is 15.6. The van der Waals surface area contributed by atoms with E-state index in [1.54, 1.807) is 44.7 Å². The lowest BCUT2D eigenvalue weighted by Crippen LogP contribution is -2.17. The quantitative estimate of drug-likeness (QED) is 0.526. The summed E-state index contributed by atoms with van der Waals surface area (Å²) in [5.41, 5.74) is 9.47. The van der Waals surface area contributed by atoms with Gasteiger partial charge in [0, 0.05) is 43.2 Å². The van der Waals surface area contributed by atoms with E-state index in [2.05, 4.69) is 15.0 Å². The van der Waals surface area contributed by atoms with Crippen LogP contribution in [0.15, 0.2) is 54.9 Å². The van der Waals surface area contributed by atoms with Crippen molar-refractivity contribution >= 4 is 17.2 Å². The number of nitrogen functional groups attached to an aromatic ring is 1. The minimum atomic E-state index is -4.64. The molecule has 4 rings (SSSR count). The normalized spacial score (nSPS) is 11.8. The Kier molecular flexibility index (Phi) is 4.37. The van der Waals surface area contributed by atoms with Crippen LogP contribution in [0.5, 0.6) is 0 Å². The second-order valence-corrected chi connectivity index (χ2v) is 6.74. The largest absolute Gasteiger partial charge is 0.451 e. The predicted octanol–water partition coefficient (Wildman–Crippen LogP) is 4.13. The molecule has 1 aromatic carbocycles. The number of alkyl halides is 3. The van der Waals surface area contributed by atoms with Gasteiger partial charge < -0.3 is 10.6 Å². The van der Waals surface area contributed by atoms with E-state index < -0.39 is 12.0 Å². The fourth-order valence-corrected chi connectivity index (χ4v) is 2.99. The fraction of sp³-hybridized carbons (Fsp3) is 0.150. The second kappa shape index (κ2) is 6.77. The molecule has 148 valence electrons. The summed E-state index contributed by atoms with van der Waals surface area (Å²) >= 11 is 0. The van der Waals surface area contributed by atoms with E-state index in [1.165, 1.54) is 11.0 Å². The lowest BCUT2D eigenvalue weighted by Gasteiger charge is -2.15. The highest BCUT2D eigenvalue weighted by Gasteiger charge is 2.35. The molecule has 0 aliphatic rings. The minimum absolute atomic E-state index is 0.172. The second-order valence-electron chi connectivity index (χ2n) is 6.74. The number of hydrogen-bond acceptors (Lipinski definition) is 5. The molecule has 0 radical (unpaired) electrons. The standard InChI is InChI=1S/C20H17F3N6/c1-28(2)18-10-15(26-19(27-18)20(21,22)23)12-6-7-29-16(11-25-17(29)9-12)13-4-3-5-14(24)8-13/h3-11H,24H2,1-2H3. The van der Waals surface area contributed by atoms with Crippen LogP contribution in [0.25, 0.3) is 28.2 Å². The Morgan fingerprint density at radius 3 is 2.48 bits per heavy atom. The average molecular weight is 398 g/mol. The molecule has 3 heterocycles. The lowest BCUT2D eigenvalue weighted by molar-refractivity contribution is -0.144. The maximum atomic E-state index is 13.2. The Bertz CT molecular complexity index is 1200. The van der Waals surface area contributed by atoms with E-state index in [-0.39, 0.29) is 11.5 Å². The zero-order chi connectivity index (χ0) is 20.8. The number of halogens is 3. The summed E-state index contributed by atoms with van der Waals surface area (Å²) in [5.74, 6) is -1.01. The lowest BCUT2D eigenvalue weighted by atomic mass is 10.1. The molecule has 0 aliphatic heterocycles. The molecule has 3 aromatic heterocycles. The van der Waals surface area contributed by atoms with E-state index in [0.29, 0.717) is 16.9 Å². The van der Waals surface area contributed by atoms with Crippen molar-refractivity contribution in [2.45, 2.75) is 6.18 Å². The maximum absolute atomic E-state index is 13.2. The van der Waals surface area contributed by atoms with Crippen molar-refractivity contribution in [1.29, 1.82) is 0 Å². The van der Waals surface area contributed by atoms with Gasteiger partial charge in [-0.15, -0.1) is 0 Å². The molecule has 0 atom stereocenters. The van der Waals surface area contributed by atoms with Gasteiger partial charge in [-0.25, -0.2) is 15.0 Å². The van der Waals surface area contributed by atoms with Gasteiger partial charge in [-0.2, -0.15) is 13.2 Å². The first kappa shape index (κ1) is 18.7. The molecule has 0 spiro atoms. The summed E-state index contributed by atoms with van der Waals surface area (Å²) in [6, 6.07) is 12.3. The molecule has 0 amide bonds. The molecule has 9 heteroatoms. The number of aromatic nitrogens is 4. The Morgan fingerprint density at radius 2 is 1.79 bits per heavy atom. The summed E-state index contributed by atoms with van der Waals surface area (Å²) in [4.78, 5) is 13.2. The van der Waals surface area contributed by atoms with Crippen LogP contribution in [-0.4, -0.2) is 33.4 Å². The molecule has 2 N–H and O–H groups in total. The van der Waals surface area contributed by atoms with Gasteiger partial charge in [-0.05, 0) is 24.3 Å². The summed E-state index contributed by atoms with van der Waals surface area (Å²) in [6.45, 7) is 0. The molecule has 6 nitrogen and oxygen atoms in total. The third-order valence-corrected chi connectivity index (χ3v) is 4.42. The van der Waals surface area contributed by atoms with Crippen LogP contribution in [-0.2, 0) is 6.18 Å².